The number of hydrogen-bond donors (Lipinski definition) is 2. The average Bonchev–Trinajstić information content (AvgIpc) is 2.90. The zero-order valence-corrected chi connectivity index (χ0v) is 12.9. The number of carboxylic acid groups (broad SMARTS) is 1. The summed E-state index contributed by atoms with van der Waals surface area (Å²) in [5, 5.41) is 12.2. The predicted octanol–water partition coefficient (Wildman–Crippen LogP) is -0.262. The monoisotopic (exact) mass is 313 g/mol. The molecule has 2 aliphatic heterocycles. The third-order valence-electron chi connectivity index (χ3n) is 4.08. The Bertz CT molecular complexity index is 448. The lowest BCUT2D eigenvalue weighted by Gasteiger charge is -2.38. The second-order valence-electron chi connectivity index (χ2n) is 5.91. The summed E-state index contributed by atoms with van der Waals surface area (Å²) >= 11 is 0. The van der Waals surface area contributed by atoms with Gasteiger partial charge < -0.3 is 20.1 Å². The minimum Gasteiger partial charge on any atom is -0.465 e. The van der Waals surface area contributed by atoms with Crippen molar-refractivity contribution in [1.82, 2.24) is 15.1 Å². The highest BCUT2D eigenvalue weighted by Gasteiger charge is 2.43. The van der Waals surface area contributed by atoms with Gasteiger partial charge in [-0.3, -0.25) is 14.5 Å². The van der Waals surface area contributed by atoms with Crippen LogP contribution < -0.4 is 5.32 Å². The Hall–Kier alpha value is -1.83. The van der Waals surface area contributed by atoms with Crippen molar-refractivity contribution >= 4 is 17.9 Å². The lowest BCUT2D eigenvalue weighted by molar-refractivity contribution is -0.144. The van der Waals surface area contributed by atoms with E-state index in [2.05, 4.69) is 5.32 Å². The van der Waals surface area contributed by atoms with Crippen molar-refractivity contribution < 1.29 is 24.2 Å². The molecule has 0 aromatic heterocycles. The molecule has 2 fully saturated rings. The Labute approximate surface area is 129 Å². The van der Waals surface area contributed by atoms with Crippen LogP contribution >= 0.6 is 0 Å². The number of nitrogens with zero attached hydrogens (tertiary/aromatic N) is 2. The highest BCUT2D eigenvalue weighted by atomic mass is 16.5. The van der Waals surface area contributed by atoms with Gasteiger partial charge in [-0.2, -0.15) is 0 Å². The maximum atomic E-state index is 12.8. The van der Waals surface area contributed by atoms with Gasteiger partial charge in [0.15, 0.2) is 0 Å². The Kier molecular flexibility index (Phi) is 5.23. The zero-order valence-electron chi connectivity index (χ0n) is 12.9. The molecule has 3 amide bonds. The number of carbonyl (C=O) groups is 3. The van der Waals surface area contributed by atoms with E-state index in [4.69, 9.17) is 4.74 Å². The summed E-state index contributed by atoms with van der Waals surface area (Å²) in [6.45, 7) is 5.83. The molecule has 2 unspecified atom stereocenters. The lowest BCUT2D eigenvalue weighted by atomic mass is 9.98. The predicted molar refractivity (Wildman–Crippen MR) is 77.3 cm³/mol. The van der Waals surface area contributed by atoms with Gasteiger partial charge in [0.1, 0.15) is 12.1 Å². The number of amides is 3. The van der Waals surface area contributed by atoms with E-state index in [0.717, 1.165) is 4.90 Å². The second-order valence-corrected chi connectivity index (χ2v) is 5.91. The van der Waals surface area contributed by atoms with Crippen molar-refractivity contribution in [3.8, 4) is 0 Å². The largest absolute Gasteiger partial charge is 0.465 e. The molecular formula is C14H23N3O5. The van der Waals surface area contributed by atoms with E-state index < -0.39 is 18.2 Å². The highest BCUT2D eigenvalue weighted by Crippen LogP contribution is 2.21. The van der Waals surface area contributed by atoms with Gasteiger partial charge in [0.25, 0.3) is 0 Å². The molecule has 2 aliphatic rings. The molecule has 0 radical (unpaired) electrons. The van der Waals surface area contributed by atoms with Crippen LogP contribution in [0.2, 0.25) is 0 Å². The van der Waals surface area contributed by atoms with Crippen molar-refractivity contribution in [3.05, 3.63) is 0 Å². The van der Waals surface area contributed by atoms with Gasteiger partial charge in [0.2, 0.25) is 11.8 Å². The minimum atomic E-state index is -1.23. The topological polar surface area (TPSA) is 99.2 Å². The summed E-state index contributed by atoms with van der Waals surface area (Å²) in [6.07, 6.45) is -0.840. The minimum absolute atomic E-state index is 0.222. The number of nitrogens with one attached hydrogen (secondary N) is 1. The first kappa shape index (κ1) is 16.5. The van der Waals surface area contributed by atoms with E-state index in [0.29, 0.717) is 39.3 Å². The summed E-state index contributed by atoms with van der Waals surface area (Å²) in [6, 6.07) is -1.65. The third-order valence-corrected chi connectivity index (χ3v) is 4.08. The molecule has 2 heterocycles. The number of morpholine rings is 1. The third kappa shape index (κ3) is 3.32. The summed E-state index contributed by atoms with van der Waals surface area (Å²) in [5.74, 6) is -0.803. The second kappa shape index (κ2) is 6.95. The fourth-order valence-electron chi connectivity index (χ4n) is 2.99. The van der Waals surface area contributed by atoms with Gasteiger partial charge in [-0.1, -0.05) is 13.8 Å². The Balaban J connectivity index is 2.24. The molecule has 0 spiro atoms. The van der Waals surface area contributed by atoms with Crippen LogP contribution in [0.3, 0.4) is 0 Å². The Morgan fingerprint density at radius 2 is 2.00 bits per heavy atom. The van der Waals surface area contributed by atoms with Crippen LogP contribution in [0.1, 0.15) is 20.3 Å². The zero-order chi connectivity index (χ0) is 16.3. The first-order valence-corrected chi connectivity index (χ1v) is 7.59. The molecule has 124 valence electrons. The molecule has 22 heavy (non-hydrogen) atoms. The van der Waals surface area contributed by atoms with Crippen LogP contribution in [0.15, 0.2) is 0 Å². The van der Waals surface area contributed by atoms with Crippen LogP contribution in [0.4, 0.5) is 4.79 Å². The Morgan fingerprint density at radius 3 is 2.45 bits per heavy atom. The highest BCUT2D eigenvalue weighted by molar-refractivity contribution is 5.91. The summed E-state index contributed by atoms with van der Waals surface area (Å²) in [5.41, 5.74) is 0. The van der Waals surface area contributed by atoms with Crippen LogP contribution in [-0.4, -0.2) is 77.7 Å². The molecular weight excluding hydrogens is 290 g/mol. The first-order chi connectivity index (χ1) is 10.4. The molecule has 0 aromatic rings. The number of hydrogen-bond acceptors (Lipinski definition) is 4. The fraction of sp³-hybridized carbons (Fsp3) is 0.786. The average molecular weight is 313 g/mol. The van der Waals surface area contributed by atoms with Crippen LogP contribution in [0.5, 0.6) is 0 Å². The van der Waals surface area contributed by atoms with Crippen molar-refractivity contribution in [3.63, 3.8) is 0 Å². The SMILES string of the molecule is CC(C)C(C(=O)N1CCOCC1)N(C(=O)O)C1CCNC1=O. The smallest absolute Gasteiger partial charge is 0.408 e. The van der Waals surface area contributed by atoms with Crippen molar-refractivity contribution in [2.45, 2.75) is 32.4 Å². The lowest BCUT2D eigenvalue weighted by Crippen LogP contribution is -2.59. The van der Waals surface area contributed by atoms with E-state index in [9.17, 15) is 19.5 Å². The van der Waals surface area contributed by atoms with Gasteiger partial charge in [0.05, 0.1) is 13.2 Å². The first-order valence-electron chi connectivity index (χ1n) is 7.59. The van der Waals surface area contributed by atoms with Gasteiger partial charge in [0, 0.05) is 19.6 Å². The van der Waals surface area contributed by atoms with Gasteiger partial charge >= 0.3 is 6.09 Å². The normalized spacial score (nSPS) is 23.3. The summed E-state index contributed by atoms with van der Waals surface area (Å²) in [7, 11) is 0. The number of carbonyl (C=O) groups excluding carboxylic acids is 2. The van der Waals surface area contributed by atoms with E-state index in [1.807, 2.05) is 0 Å². The van der Waals surface area contributed by atoms with Crippen LogP contribution in [-0.2, 0) is 14.3 Å². The van der Waals surface area contributed by atoms with Gasteiger partial charge in [-0.15, -0.1) is 0 Å². The molecule has 2 N–H and O–H groups in total. The van der Waals surface area contributed by atoms with E-state index in [-0.39, 0.29) is 17.7 Å². The molecule has 8 nitrogen and oxygen atoms in total. The molecule has 0 aromatic carbocycles. The quantitative estimate of drug-likeness (QED) is 0.745. The maximum absolute atomic E-state index is 12.8. The molecule has 0 saturated carbocycles. The number of ether oxygens (including phenoxy) is 1. The van der Waals surface area contributed by atoms with Crippen molar-refractivity contribution in [1.29, 1.82) is 0 Å². The summed E-state index contributed by atoms with van der Waals surface area (Å²) in [4.78, 5) is 39.0. The molecule has 0 aliphatic carbocycles. The van der Waals surface area contributed by atoms with Crippen molar-refractivity contribution in [2.24, 2.45) is 5.92 Å². The Morgan fingerprint density at radius 1 is 1.36 bits per heavy atom. The maximum Gasteiger partial charge on any atom is 0.408 e. The molecule has 8 heteroatoms. The van der Waals surface area contributed by atoms with Gasteiger partial charge in [-0.05, 0) is 12.3 Å². The summed E-state index contributed by atoms with van der Waals surface area (Å²) < 4.78 is 5.23. The van der Waals surface area contributed by atoms with E-state index in [1.54, 1.807) is 18.7 Å². The molecule has 2 saturated heterocycles. The van der Waals surface area contributed by atoms with E-state index >= 15 is 0 Å². The number of rotatable bonds is 4. The van der Waals surface area contributed by atoms with Crippen molar-refractivity contribution in [2.75, 3.05) is 32.8 Å². The van der Waals surface area contributed by atoms with Crippen LogP contribution in [0, 0.1) is 5.92 Å². The standard InChI is InChI=1S/C14H23N3O5/c1-9(2)11(13(19)16-5-7-22-8-6-16)17(14(20)21)10-3-4-15-12(10)18/h9-11H,3-8H2,1-2H3,(H,15,18)(H,20,21). The van der Waals surface area contributed by atoms with Crippen LogP contribution in [0.25, 0.3) is 0 Å². The van der Waals surface area contributed by atoms with E-state index in [1.165, 1.54) is 0 Å². The molecule has 2 atom stereocenters. The fourth-order valence-corrected chi connectivity index (χ4v) is 2.99. The molecule has 2 rings (SSSR count). The van der Waals surface area contributed by atoms with Gasteiger partial charge in [-0.25, -0.2) is 4.79 Å². The molecule has 0 bridgehead atoms.